The molecular formula is C23H25N3O. The van der Waals surface area contributed by atoms with E-state index >= 15 is 0 Å². The van der Waals surface area contributed by atoms with Crippen LogP contribution < -0.4 is 5.32 Å². The molecule has 1 heterocycles. The van der Waals surface area contributed by atoms with Gasteiger partial charge in [-0.25, -0.2) is 4.98 Å². The van der Waals surface area contributed by atoms with Crippen molar-refractivity contribution < 1.29 is 4.79 Å². The Labute approximate surface area is 160 Å². The molecule has 1 N–H and O–H groups in total. The number of carbonyl (C=O) groups is 1. The van der Waals surface area contributed by atoms with Gasteiger partial charge >= 0.3 is 0 Å². The second-order valence-corrected chi connectivity index (χ2v) is 6.49. The quantitative estimate of drug-likeness (QED) is 0.587. The zero-order chi connectivity index (χ0) is 19.1. The molecule has 0 spiro atoms. The van der Waals surface area contributed by atoms with Crippen LogP contribution in [0.15, 0.2) is 73.7 Å². The van der Waals surface area contributed by atoms with Gasteiger partial charge in [-0.05, 0) is 41.7 Å². The Bertz CT molecular complexity index is 892. The standard InChI is InChI=1S/C23H25N3O/c1-3-5-6-18-7-9-19(10-8-18)20-11-13-21(14-12-20)26-17-24-16-22(26)23(27)25-15-4-2/h4,7-14,16-17H,2-3,5-6,15H2,1H3,(H,25,27). The summed E-state index contributed by atoms with van der Waals surface area (Å²) < 4.78 is 1.79. The highest BCUT2D eigenvalue weighted by atomic mass is 16.1. The molecule has 3 rings (SSSR count). The van der Waals surface area contributed by atoms with Gasteiger partial charge < -0.3 is 5.32 Å². The molecule has 0 aliphatic heterocycles. The number of aryl methyl sites for hydroxylation is 1. The van der Waals surface area contributed by atoms with Crippen LogP contribution in [-0.4, -0.2) is 22.0 Å². The molecule has 3 aromatic rings. The average molecular weight is 359 g/mol. The third-order valence-corrected chi connectivity index (χ3v) is 4.53. The highest BCUT2D eigenvalue weighted by Gasteiger charge is 2.12. The fourth-order valence-corrected chi connectivity index (χ4v) is 2.98. The van der Waals surface area contributed by atoms with Crippen LogP contribution in [0.4, 0.5) is 0 Å². The van der Waals surface area contributed by atoms with Crippen molar-refractivity contribution in [2.24, 2.45) is 0 Å². The van der Waals surface area contributed by atoms with E-state index in [1.807, 2.05) is 12.1 Å². The Morgan fingerprint density at radius 1 is 1.11 bits per heavy atom. The lowest BCUT2D eigenvalue weighted by atomic mass is 10.0. The Morgan fingerprint density at radius 3 is 2.41 bits per heavy atom. The number of benzene rings is 2. The van der Waals surface area contributed by atoms with E-state index in [9.17, 15) is 4.79 Å². The van der Waals surface area contributed by atoms with E-state index in [1.165, 1.54) is 24.0 Å². The zero-order valence-electron chi connectivity index (χ0n) is 15.7. The van der Waals surface area contributed by atoms with E-state index in [4.69, 9.17) is 0 Å². The SMILES string of the molecule is C=CCNC(=O)c1cncn1-c1ccc(-c2ccc(CCCC)cc2)cc1. The Kier molecular flexibility index (Phi) is 6.21. The van der Waals surface area contributed by atoms with Crippen LogP contribution in [0, 0.1) is 0 Å². The van der Waals surface area contributed by atoms with Crippen LogP contribution >= 0.6 is 0 Å². The highest BCUT2D eigenvalue weighted by molar-refractivity contribution is 5.93. The van der Waals surface area contributed by atoms with Crippen LogP contribution in [0.1, 0.15) is 35.8 Å². The van der Waals surface area contributed by atoms with E-state index in [1.54, 1.807) is 23.2 Å². The zero-order valence-corrected chi connectivity index (χ0v) is 15.7. The molecule has 0 radical (unpaired) electrons. The Hall–Kier alpha value is -3.14. The van der Waals surface area contributed by atoms with E-state index in [-0.39, 0.29) is 5.91 Å². The number of imidazole rings is 1. The van der Waals surface area contributed by atoms with Crippen LogP contribution in [0.3, 0.4) is 0 Å². The Balaban J connectivity index is 1.77. The van der Waals surface area contributed by atoms with Gasteiger partial charge in [-0.1, -0.05) is 55.8 Å². The second-order valence-electron chi connectivity index (χ2n) is 6.49. The molecular weight excluding hydrogens is 334 g/mol. The monoisotopic (exact) mass is 359 g/mol. The number of aromatic nitrogens is 2. The second kappa shape index (κ2) is 8.99. The van der Waals surface area contributed by atoms with Gasteiger partial charge in [0, 0.05) is 12.2 Å². The number of nitrogens with zero attached hydrogens (tertiary/aromatic N) is 2. The van der Waals surface area contributed by atoms with Crippen molar-refractivity contribution in [3.8, 4) is 16.8 Å². The van der Waals surface area contributed by atoms with Gasteiger partial charge in [-0.3, -0.25) is 9.36 Å². The largest absolute Gasteiger partial charge is 0.347 e. The maximum Gasteiger partial charge on any atom is 0.270 e. The molecule has 0 fully saturated rings. The lowest BCUT2D eigenvalue weighted by Gasteiger charge is -2.09. The number of nitrogens with one attached hydrogen (secondary N) is 1. The number of hydrogen-bond donors (Lipinski definition) is 1. The van der Waals surface area contributed by atoms with E-state index in [2.05, 4.69) is 60.2 Å². The molecule has 4 heteroatoms. The third-order valence-electron chi connectivity index (χ3n) is 4.53. The molecule has 0 aliphatic rings. The summed E-state index contributed by atoms with van der Waals surface area (Å²) in [4.78, 5) is 16.4. The maximum absolute atomic E-state index is 12.2. The summed E-state index contributed by atoms with van der Waals surface area (Å²) in [7, 11) is 0. The molecule has 0 saturated carbocycles. The first-order valence-electron chi connectivity index (χ1n) is 9.34. The minimum Gasteiger partial charge on any atom is -0.347 e. The minimum absolute atomic E-state index is 0.167. The van der Waals surface area contributed by atoms with Crippen molar-refractivity contribution in [2.45, 2.75) is 26.2 Å². The molecule has 2 aromatic carbocycles. The predicted molar refractivity (Wildman–Crippen MR) is 110 cm³/mol. The van der Waals surface area contributed by atoms with Crippen molar-refractivity contribution in [2.75, 3.05) is 6.54 Å². The molecule has 138 valence electrons. The first-order chi connectivity index (χ1) is 13.2. The van der Waals surface area contributed by atoms with Crippen LogP contribution in [0.25, 0.3) is 16.8 Å². The number of rotatable bonds is 8. The van der Waals surface area contributed by atoms with Crippen LogP contribution in [-0.2, 0) is 6.42 Å². The predicted octanol–water partition coefficient (Wildman–Crippen LogP) is 4.80. The summed E-state index contributed by atoms with van der Waals surface area (Å²) in [5.41, 5.74) is 5.13. The highest BCUT2D eigenvalue weighted by Crippen LogP contribution is 2.22. The van der Waals surface area contributed by atoms with Crippen molar-refractivity contribution in [3.63, 3.8) is 0 Å². The van der Waals surface area contributed by atoms with Crippen molar-refractivity contribution in [1.29, 1.82) is 0 Å². The van der Waals surface area contributed by atoms with Gasteiger partial charge in [0.05, 0.1) is 12.5 Å². The van der Waals surface area contributed by atoms with Crippen LogP contribution in [0.2, 0.25) is 0 Å². The van der Waals surface area contributed by atoms with Gasteiger partial charge in [-0.2, -0.15) is 0 Å². The maximum atomic E-state index is 12.2. The number of unbranched alkanes of at least 4 members (excludes halogenated alkanes) is 1. The summed E-state index contributed by atoms with van der Waals surface area (Å²) in [6, 6.07) is 16.9. The lowest BCUT2D eigenvalue weighted by molar-refractivity contribution is 0.0951. The van der Waals surface area contributed by atoms with Crippen molar-refractivity contribution in [3.05, 3.63) is 85.0 Å². The summed E-state index contributed by atoms with van der Waals surface area (Å²) in [6.07, 6.45) is 8.45. The van der Waals surface area contributed by atoms with Crippen molar-refractivity contribution >= 4 is 5.91 Å². The number of amides is 1. The molecule has 1 aromatic heterocycles. The van der Waals surface area contributed by atoms with Crippen molar-refractivity contribution in [1.82, 2.24) is 14.9 Å². The van der Waals surface area contributed by atoms with E-state index < -0.39 is 0 Å². The minimum atomic E-state index is -0.167. The molecule has 0 bridgehead atoms. The van der Waals surface area contributed by atoms with Crippen LogP contribution in [0.5, 0.6) is 0 Å². The molecule has 0 atom stereocenters. The normalized spacial score (nSPS) is 10.6. The Morgan fingerprint density at radius 2 is 1.78 bits per heavy atom. The van der Waals surface area contributed by atoms with Gasteiger partial charge in [0.25, 0.3) is 5.91 Å². The summed E-state index contributed by atoms with van der Waals surface area (Å²) in [6.45, 7) is 6.26. The molecule has 0 saturated heterocycles. The molecule has 0 unspecified atom stereocenters. The van der Waals surface area contributed by atoms with Gasteiger partial charge in [0.2, 0.25) is 0 Å². The molecule has 27 heavy (non-hydrogen) atoms. The summed E-state index contributed by atoms with van der Waals surface area (Å²) >= 11 is 0. The van der Waals surface area contributed by atoms with Gasteiger partial charge in [-0.15, -0.1) is 6.58 Å². The van der Waals surface area contributed by atoms with Gasteiger partial charge in [0.15, 0.2) is 0 Å². The average Bonchev–Trinajstić information content (AvgIpc) is 3.21. The van der Waals surface area contributed by atoms with E-state index in [0.717, 1.165) is 17.7 Å². The summed E-state index contributed by atoms with van der Waals surface area (Å²) in [5.74, 6) is -0.167. The summed E-state index contributed by atoms with van der Waals surface area (Å²) in [5, 5.41) is 2.78. The molecule has 4 nitrogen and oxygen atoms in total. The van der Waals surface area contributed by atoms with Gasteiger partial charge in [0.1, 0.15) is 5.69 Å². The number of hydrogen-bond acceptors (Lipinski definition) is 2. The fraction of sp³-hybridized carbons (Fsp3) is 0.217. The lowest BCUT2D eigenvalue weighted by Crippen LogP contribution is -2.25. The first kappa shape index (κ1) is 18.6. The first-order valence-corrected chi connectivity index (χ1v) is 9.34. The third kappa shape index (κ3) is 4.53. The molecule has 0 aliphatic carbocycles. The fourth-order valence-electron chi connectivity index (χ4n) is 2.98. The number of carbonyl (C=O) groups excluding carboxylic acids is 1. The topological polar surface area (TPSA) is 46.9 Å². The smallest absolute Gasteiger partial charge is 0.270 e. The molecule has 1 amide bonds. The van der Waals surface area contributed by atoms with E-state index in [0.29, 0.717) is 12.2 Å².